The molecule has 0 unspecified atom stereocenters. The zero-order chi connectivity index (χ0) is 22.1. The highest BCUT2D eigenvalue weighted by Gasteiger charge is 2.25. The van der Waals surface area contributed by atoms with E-state index in [1.807, 2.05) is 23.1 Å². The van der Waals surface area contributed by atoms with Crippen molar-refractivity contribution in [3.63, 3.8) is 0 Å². The third-order valence-electron chi connectivity index (χ3n) is 5.28. The average Bonchev–Trinajstić information content (AvgIpc) is 3.46. The molecule has 0 saturated carbocycles. The van der Waals surface area contributed by atoms with Gasteiger partial charge in [-0.15, -0.1) is 12.4 Å². The number of halogens is 2. The van der Waals surface area contributed by atoms with Crippen molar-refractivity contribution >= 4 is 62.4 Å². The maximum atomic E-state index is 11.5. The van der Waals surface area contributed by atoms with Crippen LogP contribution in [0.2, 0.25) is 0 Å². The quantitative estimate of drug-likeness (QED) is 0.388. The van der Waals surface area contributed by atoms with Crippen LogP contribution in [0.25, 0.3) is 5.65 Å². The van der Waals surface area contributed by atoms with E-state index in [9.17, 15) is 4.79 Å². The van der Waals surface area contributed by atoms with E-state index in [1.165, 1.54) is 17.9 Å². The molecule has 5 rings (SSSR count). The number of pyridine rings is 2. The van der Waals surface area contributed by atoms with Crippen molar-refractivity contribution in [1.82, 2.24) is 33.8 Å². The topological polar surface area (TPSA) is 110 Å². The summed E-state index contributed by atoms with van der Waals surface area (Å²) in [6, 6.07) is 5.49. The number of nitrogens with zero attached hydrogens (tertiary/aromatic N) is 7. The summed E-state index contributed by atoms with van der Waals surface area (Å²) < 4.78 is 13.1. The standard InChI is InChI=1S/C20H19BrN8O2S.ClH/c1-12(30)28-7-4-13(5-8-28)17-25-20(32-27-17)26-18-16(9-14(21)10-22-18)31-15-3-2-6-29-19(15)23-11-24-29;/h2-3,6,9-11,13H,4-5,7-8H2,1H3,(H,22,25,26,27);1H. The van der Waals surface area contributed by atoms with Gasteiger partial charge in [-0.25, -0.2) is 19.5 Å². The molecule has 5 heterocycles. The number of rotatable bonds is 5. The first-order valence-electron chi connectivity index (χ1n) is 10.0. The summed E-state index contributed by atoms with van der Waals surface area (Å²) in [5.41, 5.74) is 0.605. The maximum absolute atomic E-state index is 11.5. The van der Waals surface area contributed by atoms with Gasteiger partial charge in [0.2, 0.25) is 11.0 Å². The van der Waals surface area contributed by atoms with Gasteiger partial charge in [0, 0.05) is 60.4 Å². The molecule has 1 amide bonds. The van der Waals surface area contributed by atoms with Gasteiger partial charge in [0.15, 0.2) is 23.0 Å². The highest BCUT2D eigenvalue weighted by molar-refractivity contribution is 9.10. The maximum Gasteiger partial charge on any atom is 0.219 e. The second-order valence-corrected chi connectivity index (χ2v) is 9.03. The fraction of sp³-hybridized carbons (Fsp3) is 0.300. The van der Waals surface area contributed by atoms with Crippen LogP contribution >= 0.6 is 39.9 Å². The summed E-state index contributed by atoms with van der Waals surface area (Å²) >= 11 is 4.73. The van der Waals surface area contributed by atoms with E-state index >= 15 is 0 Å². The summed E-state index contributed by atoms with van der Waals surface area (Å²) in [5, 5.41) is 8.00. The van der Waals surface area contributed by atoms with E-state index in [0.29, 0.717) is 28.1 Å². The Kier molecular flexibility index (Phi) is 7.05. The molecule has 0 atom stereocenters. The molecule has 4 aromatic heterocycles. The Morgan fingerprint density at radius 2 is 2.09 bits per heavy atom. The van der Waals surface area contributed by atoms with Gasteiger partial charge in [0.05, 0.1) is 0 Å². The van der Waals surface area contributed by atoms with Crippen LogP contribution < -0.4 is 10.1 Å². The number of carbonyl (C=O) groups excluding carboxylic acids is 1. The van der Waals surface area contributed by atoms with Gasteiger partial charge in [0.25, 0.3) is 0 Å². The molecular formula is C20H20BrClN8O2S. The van der Waals surface area contributed by atoms with Crippen molar-refractivity contribution in [2.45, 2.75) is 25.7 Å². The molecular weight excluding hydrogens is 532 g/mol. The first kappa shape index (κ1) is 23.3. The molecule has 10 nitrogen and oxygen atoms in total. The molecule has 0 aromatic carbocycles. The van der Waals surface area contributed by atoms with Crippen molar-refractivity contribution in [1.29, 1.82) is 0 Å². The molecule has 0 spiro atoms. The average molecular weight is 552 g/mol. The monoisotopic (exact) mass is 550 g/mol. The van der Waals surface area contributed by atoms with E-state index in [-0.39, 0.29) is 24.2 Å². The Labute approximate surface area is 208 Å². The molecule has 1 fully saturated rings. The molecule has 13 heteroatoms. The van der Waals surface area contributed by atoms with Crippen molar-refractivity contribution in [2.75, 3.05) is 18.4 Å². The number of likely N-dealkylation sites (tertiary alicyclic amines) is 1. The number of hydrogen-bond donors (Lipinski definition) is 1. The van der Waals surface area contributed by atoms with Gasteiger partial charge in [-0.2, -0.15) is 9.47 Å². The smallest absolute Gasteiger partial charge is 0.219 e. The summed E-state index contributed by atoms with van der Waals surface area (Å²) in [4.78, 5) is 26.8. The summed E-state index contributed by atoms with van der Waals surface area (Å²) in [6.45, 7) is 3.09. The lowest BCUT2D eigenvalue weighted by Crippen LogP contribution is -2.36. The number of nitrogens with one attached hydrogen (secondary N) is 1. The molecule has 172 valence electrons. The molecule has 4 aromatic rings. The van der Waals surface area contributed by atoms with E-state index in [0.717, 1.165) is 36.2 Å². The van der Waals surface area contributed by atoms with Crippen LogP contribution in [0.1, 0.15) is 31.5 Å². The van der Waals surface area contributed by atoms with Crippen molar-refractivity contribution in [3.05, 3.63) is 47.2 Å². The predicted octanol–water partition coefficient (Wildman–Crippen LogP) is 4.42. The molecule has 0 radical (unpaired) electrons. The van der Waals surface area contributed by atoms with Crippen LogP contribution in [-0.4, -0.2) is 52.8 Å². The fourth-order valence-corrected chi connectivity index (χ4v) is 4.57. The molecule has 1 aliphatic heterocycles. The van der Waals surface area contributed by atoms with E-state index in [4.69, 9.17) is 4.74 Å². The van der Waals surface area contributed by atoms with Crippen LogP contribution in [0.3, 0.4) is 0 Å². The fourth-order valence-electron chi connectivity index (χ4n) is 3.62. The Morgan fingerprint density at radius 1 is 1.27 bits per heavy atom. The molecule has 1 saturated heterocycles. The first-order valence-corrected chi connectivity index (χ1v) is 11.6. The van der Waals surface area contributed by atoms with Crippen LogP contribution in [0.4, 0.5) is 10.9 Å². The third kappa shape index (κ3) is 5.07. The van der Waals surface area contributed by atoms with Crippen LogP contribution in [0.5, 0.6) is 11.5 Å². The minimum atomic E-state index is 0. The largest absolute Gasteiger partial charge is 0.449 e. The normalized spacial score (nSPS) is 14.2. The Bertz CT molecular complexity index is 1270. The molecule has 0 bridgehead atoms. The Hall–Kier alpha value is -2.83. The van der Waals surface area contributed by atoms with Crippen molar-refractivity contribution in [2.24, 2.45) is 0 Å². The highest BCUT2D eigenvalue weighted by atomic mass is 79.9. The zero-order valence-corrected chi connectivity index (χ0v) is 20.7. The summed E-state index contributed by atoms with van der Waals surface area (Å²) in [5.74, 6) is 2.76. The summed E-state index contributed by atoms with van der Waals surface area (Å²) in [6.07, 6.45) is 6.69. The number of ether oxygens (including phenoxy) is 1. The number of anilines is 2. The number of fused-ring (bicyclic) bond motifs is 1. The van der Waals surface area contributed by atoms with E-state index < -0.39 is 0 Å². The van der Waals surface area contributed by atoms with Gasteiger partial charge < -0.3 is 15.0 Å². The zero-order valence-electron chi connectivity index (χ0n) is 17.5. The second kappa shape index (κ2) is 9.98. The van der Waals surface area contributed by atoms with Crippen LogP contribution in [-0.2, 0) is 4.79 Å². The third-order valence-corrected chi connectivity index (χ3v) is 6.36. The second-order valence-electron chi connectivity index (χ2n) is 7.37. The lowest BCUT2D eigenvalue weighted by Gasteiger charge is -2.29. The molecule has 0 aliphatic carbocycles. The van der Waals surface area contributed by atoms with E-state index in [1.54, 1.807) is 23.8 Å². The first-order chi connectivity index (χ1) is 15.6. The van der Waals surface area contributed by atoms with Crippen LogP contribution in [0, 0.1) is 0 Å². The number of carbonyl (C=O) groups is 1. The van der Waals surface area contributed by atoms with Gasteiger partial charge in [-0.3, -0.25) is 4.79 Å². The lowest BCUT2D eigenvalue weighted by atomic mass is 9.96. The molecule has 1 aliphatic rings. The number of aromatic nitrogens is 6. The van der Waals surface area contributed by atoms with Crippen molar-refractivity contribution < 1.29 is 9.53 Å². The lowest BCUT2D eigenvalue weighted by molar-refractivity contribution is -0.129. The SMILES string of the molecule is CC(=O)N1CCC(c2nsc(Nc3ncc(Br)cc3Oc3cccn4ncnc34)n2)CC1.Cl. The predicted molar refractivity (Wildman–Crippen MR) is 130 cm³/mol. The Morgan fingerprint density at radius 3 is 2.88 bits per heavy atom. The number of piperidine rings is 1. The van der Waals surface area contributed by atoms with Gasteiger partial charge in [-0.05, 0) is 40.9 Å². The summed E-state index contributed by atoms with van der Waals surface area (Å²) in [7, 11) is 0. The van der Waals surface area contributed by atoms with E-state index in [2.05, 4.69) is 45.7 Å². The number of amides is 1. The molecule has 1 N–H and O–H groups in total. The van der Waals surface area contributed by atoms with Gasteiger partial charge in [0.1, 0.15) is 12.2 Å². The van der Waals surface area contributed by atoms with Crippen molar-refractivity contribution in [3.8, 4) is 11.5 Å². The highest BCUT2D eigenvalue weighted by Crippen LogP contribution is 2.35. The minimum absolute atomic E-state index is 0. The molecule has 33 heavy (non-hydrogen) atoms. The Balaban J connectivity index is 0.00000259. The minimum Gasteiger partial charge on any atom is -0.449 e. The van der Waals surface area contributed by atoms with Gasteiger partial charge >= 0.3 is 0 Å². The number of hydrogen-bond acceptors (Lipinski definition) is 9. The van der Waals surface area contributed by atoms with Gasteiger partial charge in [-0.1, -0.05) is 0 Å². The van der Waals surface area contributed by atoms with Crippen LogP contribution in [0.15, 0.2) is 41.4 Å².